The number of anilines is 1. The highest BCUT2D eigenvalue weighted by Crippen LogP contribution is 2.37. The van der Waals surface area contributed by atoms with Gasteiger partial charge in [-0.1, -0.05) is 33.6 Å². The Morgan fingerprint density at radius 3 is 2.58 bits per heavy atom. The van der Waals surface area contributed by atoms with E-state index in [9.17, 15) is 14.9 Å². The molecule has 0 heterocycles. The van der Waals surface area contributed by atoms with Crippen molar-refractivity contribution >= 4 is 17.3 Å². The number of benzene rings is 1. The molecule has 1 aliphatic rings. The van der Waals surface area contributed by atoms with Gasteiger partial charge < -0.3 is 10.6 Å². The van der Waals surface area contributed by atoms with Crippen molar-refractivity contribution in [3.05, 3.63) is 33.9 Å². The van der Waals surface area contributed by atoms with Gasteiger partial charge in [0.2, 0.25) is 5.91 Å². The first kappa shape index (κ1) is 20.4. The van der Waals surface area contributed by atoms with Crippen LogP contribution in [-0.2, 0) is 4.79 Å². The lowest BCUT2D eigenvalue weighted by Crippen LogP contribution is -2.45. The van der Waals surface area contributed by atoms with Crippen molar-refractivity contribution in [2.45, 2.75) is 65.8 Å². The summed E-state index contributed by atoms with van der Waals surface area (Å²) in [7, 11) is 0. The minimum atomic E-state index is -0.432. The Bertz CT molecular complexity index is 652. The van der Waals surface area contributed by atoms with Crippen LogP contribution in [0.3, 0.4) is 0 Å². The number of hydrogen-bond donors (Lipinski definition) is 2. The van der Waals surface area contributed by atoms with Crippen LogP contribution in [0.25, 0.3) is 0 Å². The van der Waals surface area contributed by atoms with Gasteiger partial charge in [-0.15, -0.1) is 0 Å². The van der Waals surface area contributed by atoms with E-state index in [0.29, 0.717) is 36.2 Å². The third-order valence-electron chi connectivity index (χ3n) is 5.33. The highest BCUT2D eigenvalue weighted by atomic mass is 16.6. The Balaban J connectivity index is 1.84. The van der Waals surface area contributed by atoms with E-state index in [0.717, 1.165) is 0 Å². The average Bonchev–Trinajstić information content (AvgIpc) is 2.56. The molecule has 144 valence electrons. The summed E-state index contributed by atoms with van der Waals surface area (Å²) in [6.07, 6.45) is 5.35. The molecule has 0 radical (unpaired) electrons. The van der Waals surface area contributed by atoms with Crippen LogP contribution in [0.2, 0.25) is 0 Å². The zero-order valence-corrected chi connectivity index (χ0v) is 16.3. The number of non-ortho nitro benzene ring substituents is 1. The third-order valence-corrected chi connectivity index (χ3v) is 5.33. The second kappa shape index (κ2) is 8.62. The summed E-state index contributed by atoms with van der Waals surface area (Å²) in [4.78, 5) is 22.6. The summed E-state index contributed by atoms with van der Waals surface area (Å²) >= 11 is 0. The van der Waals surface area contributed by atoms with Gasteiger partial charge in [-0.2, -0.15) is 0 Å². The molecule has 0 aromatic heterocycles. The number of nitrogens with one attached hydrogen (secondary N) is 2. The van der Waals surface area contributed by atoms with Crippen LogP contribution in [0, 0.1) is 28.4 Å². The zero-order chi connectivity index (χ0) is 19.3. The largest absolute Gasteiger partial charge is 0.326 e. The molecule has 26 heavy (non-hydrogen) atoms. The first-order chi connectivity index (χ1) is 12.2. The van der Waals surface area contributed by atoms with Gasteiger partial charge in [-0.05, 0) is 42.7 Å². The van der Waals surface area contributed by atoms with Gasteiger partial charge in [-0.25, -0.2) is 0 Å². The van der Waals surface area contributed by atoms with Crippen LogP contribution >= 0.6 is 0 Å². The fourth-order valence-corrected chi connectivity index (χ4v) is 3.90. The smallest absolute Gasteiger partial charge is 0.269 e. The molecular weight excluding hydrogens is 330 g/mol. The Morgan fingerprint density at radius 2 is 1.96 bits per heavy atom. The molecule has 1 aliphatic carbocycles. The fourth-order valence-electron chi connectivity index (χ4n) is 3.90. The number of aryl methyl sites for hydroxylation is 1. The van der Waals surface area contributed by atoms with Crippen molar-refractivity contribution in [1.29, 1.82) is 0 Å². The van der Waals surface area contributed by atoms with E-state index in [4.69, 9.17) is 0 Å². The van der Waals surface area contributed by atoms with Crippen LogP contribution < -0.4 is 10.6 Å². The summed E-state index contributed by atoms with van der Waals surface area (Å²) in [6.45, 7) is 9.29. The van der Waals surface area contributed by atoms with E-state index >= 15 is 0 Å². The minimum Gasteiger partial charge on any atom is -0.326 e. The van der Waals surface area contributed by atoms with Crippen LogP contribution in [0.1, 0.15) is 58.4 Å². The Morgan fingerprint density at radius 1 is 1.27 bits per heavy atom. The standard InChI is InChI=1S/C20H31N3O3/c1-14-13-15(23(25)26)9-10-17(14)22-19(24)11-12-21-18-8-6-5-7-16(18)20(2,3)4/h9-10,13,16,18,21H,5-8,11-12H2,1-4H3,(H,22,24). The number of nitro benzene ring substituents is 1. The van der Waals surface area contributed by atoms with Gasteiger partial charge in [0.1, 0.15) is 0 Å². The van der Waals surface area contributed by atoms with Gasteiger partial charge >= 0.3 is 0 Å². The SMILES string of the molecule is Cc1cc([N+](=O)[O-])ccc1NC(=O)CCNC1CCCCC1C(C)(C)C. The maximum atomic E-state index is 12.2. The van der Waals surface area contributed by atoms with Crippen LogP contribution in [0.15, 0.2) is 18.2 Å². The second-order valence-corrected chi connectivity index (χ2v) is 8.37. The topological polar surface area (TPSA) is 84.3 Å². The van der Waals surface area contributed by atoms with Crippen molar-refractivity contribution in [2.75, 3.05) is 11.9 Å². The van der Waals surface area contributed by atoms with Gasteiger partial charge in [0.25, 0.3) is 5.69 Å². The van der Waals surface area contributed by atoms with Crippen LogP contribution in [0.5, 0.6) is 0 Å². The molecule has 0 spiro atoms. The van der Waals surface area contributed by atoms with Gasteiger partial charge in [0.15, 0.2) is 0 Å². The van der Waals surface area contributed by atoms with Gasteiger partial charge in [-0.3, -0.25) is 14.9 Å². The summed E-state index contributed by atoms with van der Waals surface area (Å²) in [6, 6.07) is 4.95. The third kappa shape index (κ3) is 5.53. The van der Waals surface area contributed by atoms with Crippen LogP contribution in [0.4, 0.5) is 11.4 Å². The van der Waals surface area contributed by atoms with Crippen molar-refractivity contribution in [3.63, 3.8) is 0 Å². The lowest BCUT2D eigenvalue weighted by molar-refractivity contribution is -0.384. The molecule has 1 fully saturated rings. The van der Waals surface area contributed by atoms with E-state index in [1.807, 2.05) is 0 Å². The number of nitrogens with zero attached hydrogens (tertiary/aromatic N) is 1. The molecule has 0 saturated heterocycles. The summed E-state index contributed by atoms with van der Waals surface area (Å²) in [5, 5.41) is 17.2. The maximum absolute atomic E-state index is 12.2. The Hall–Kier alpha value is -1.95. The normalized spacial score (nSPS) is 20.6. The number of nitro groups is 1. The lowest BCUT2D eigenvalue weighted by atomic mass is 9.69. The van der Waals surface area contributed by atoms with E-state index < -0.39 is 4.92 Å². The Labute approximate surface area is 155 Å². The zero-order valence-electron chi connectivity index (χ0n) is 16.3. The van der Waals surface area contributed by atoms with Crippen molar-refractivity contribution in [2.24, 2.45) is 11.3 Å². The lowest BCUT2D eigenvalue weighted by Gasteiger charge is -2.41. The molecule has 2 atom stereocenters. The van der Waals surface area contributed by atoms with Crippen molar-refractivity contribution < 1.29 is 9.72 Å². The molecule has 1 saturated carbocycles. The Kier molecular flexibility index (Phi) is 6.75. The number of amides is 1. The first-order valence-electron chi connectivity index (χ1n) is 9.47. The molecule has 2 unspecified atom stereocenters. The highest BCUT2D eigenvalue weighted by Gasteiger charge is 2.33. The molecule has 1 aromatic rings. The van der Waals surface area contributed by atoms with Gasteiger partial charge in [0, 0.05) is 36.8 Å². The van der Waals surface area contributed by atoms with Gasteiger partial charge in [0.05, 0.1) is 4.92 Å². The van der Waals surface area contributed by atoms with Crippen molar-refractivity contribution in [1.82, 2.24) is 5.32 Å². The predicted molar refractivity (Wildman–Crippen MR) is 104 cm³/mol. The number of hydrogen-bond acceptors (Lipinski definition) is 4. The number of carbonyl (C=O) groups excluding carboxylic acids is 1. The van der Waals surface area contributed by atoms with Crippen LogP contribution in [-0.4, -0.2) is 23.4 Å². The first-order valence-corrected chi connectivity index (χ1v) is 9.47. The van der Waals surface area contributed by atoms with E-state index in [2.05, 4.69) is 31.4 Å². The maximum Gasteiger partial charge on any atom is 0.269 e. The monoisotopic (exact) mass is 361 g/mol. The molecule has 6 nitrogen and oxygen atoms in total. The van der Waals surface area contributed by atoms with E-state index in [1.165, 1.54) is 37.8 Å². The molecule has 2 N–H and O–H groups in total. The predicted octanol–water partition coefficient (Wildman–Crippen LogP) is 4.43. The number of rotatable bonds is 6. The van der Waals surface area contributed by atoms with E-state index in [-0.39, 0.29) is 17.0 Å². The quantitative estimate of drug-likeness (QED) is 0.580. The summed E-state index contributed by atoms with van der Waals surface area (Å²) < 4.78 is 0. The fraction of sp³-hybridized carbons (Fsp3) is 0.650. The highest BCUT2D eigenvalue weighted by molar-refractivity contribution is 5.91. The molecule has 2 rings (SSSR count). The molecular formula is C20H31N3O3. The average molecular weight is 361 g/mol. The second-order valence-electron chi connectivity index (χ2n) is 8.37. The van der Waals surface area contributed by atoms with Crippen molar-refractivity contribution in [3.8, 4) is 0 Å². The molecule has 0 bridgehead atoms. The van der Waals surface area contributed by atoms with E-state index in [1.54, 1.807) is 13.0 Å². The number of carbonyl (C=O) groups is 1. The minimum absolute atomic E-state index is 0.0349. The molecule has 1 aromatic carbocycles. The molecule has 1 amide bonds. The summed E-state index contributed by atoms with van der Waals surface area (Å²) in [5.74, 6) is 0.564. The molecule has 6 heteroatoms. The molecule has 0 aliphatic heterocycles. The summed E-state index contributed by atoms with van der Waals surface area (Å²) in [5.41, 5.74) is 1.63.